The summed E-state index contributed by atoms with van der Waals surface area (Å²) in [6.07, 6.45) is 5.04. The van der Waals surface area contributed by atoms with Gasteiger partial charge in [-0.25, -0.2) is 17.7 Å². The lowest BCUT2D eigenvalue weighted by molar-refractivity contribution is 0.520. The number of pyridine rings is 1. The van der Waals surface area contributed by atoms with Crippen LogP contribution in [0.5, 0.6) is 0 Å². The molecule has 0 saturated heterocycles. The minimum absolute atomic E-state index is 0.226. The number of anilines is 1. The van der Waals surface area contributed by atoms with E-state index in [0.717, 1.165) is 11.7 Å². The van der Waals surface area contributed by atoms with E-state index in [0.29, 0.717) is 6.04 Å². The summed E-state index contributed by atoms with van der Waals surface area (Å²) in [4.78, 5) is 4.41. The molecule has 2 unspecified atom stereocenters. The van der Waals surface area contributed by atoms with Crippen LogP contribution in [0.1, 0.15) is 26.2 Å². The molecule has 2 rings (SSSR count). The highest BCUT2D eigenvalue weighted by molar-refractivity contribution is 7.89. The molecule has 1 aromatic heterocycles. The van der Waals surface area contributed by atoms with Crippen molar-refractivity contribution in [1.29, 1.82) is 0 Å². The predicted molar refractivity (Wildman–Crippen MR) is 75.5 cm³/mol. The van der Waals surface area contributed by atoms with Gasteiger partial charge in [-0.1, -0.05) is 13.3 Å². The minimum Gasteiger partial charge on any atom is -0.367 e. The second kappa shape index (κ2) is 5.46. The topological polar surface area (TPSA) is 62.3 Å². The van der Waals surface area contributed by atoms with Crippen LogP contribution >= 0.6 is 0 Å². The van der Waals surface area contributed by atoms with Crippen molar-refractivity contribution >= 4 is 15.8 Å². The first-order valence-corrected chi connectivity index (χ1v) is 8.04. The van der Waals surface area contributed by atoms with E-state index in [1.165, 1.54) is 43.9 Å². The molecular weight excluding hydrogens is 262 g/mol. The van der Waals surface area contributed by atoms with Gasteiger partial charge in [0, 0.05) is 26.3 Å². The zero-order chi connectivity index (χ0) is 14.0. The summed E-state index contributed by atoms with van der Waals surface area (Å²) in [6, 6.07) is 3.84. The van der Waals surface area contributed by atoms with Gasteiger partial charge >= 0.3 is 0 Å². The SMILES string of the molecule is CCCC1CC1Nc1ccc(S(=O)(=O)N(C)C)cn1. The molecule has 0 spiro atoms. The normalized spacial score (nSPS) is 22.5. The van der Waals surface area contributed by atoms with Gasteiger partial charge in [0.25, 0.3) is 0 Å². The molecule has 19 heavy (non-hydrogen) atoms. The van der Waals surface area contributed by atoms with Crippen molar-refractivity contribution < 1.29 is 8.42 Å². The molecule has 2 atom stereocenters. The number of rotatable bonds is 6. The Morgan fingerprint density at radius 3 is 2.68 bits per heavy atom. The summed E-state index contributed by atoms with van der Waals surface area (Å²) in [7, 11) is -0.353. The quantitative estimate of drug-likeness (QED) is 0.866. The maximum Gasteiger partial charge on any atom is 0.244 e. The van der Waals surface area contributed by atoms with Crippen molar-refractivity contribution in [2.45, 2.75) is 37.1 Å². The number of aromatic nitrogens is 1. The van der Waals surface area contributed by atoms with Gasteiger partial charge in [-0.05, 0) is 30.9 Å². The summed E-state index contributed by atoms with van der Waals surface area (Å²) in [5.41, 5.74) is 0. The van der Waals surface area contributed by atoms with Crippen LogP contribution < -0.4 is 5.32 Å². The Morgan fingerprint density at radius 2 is 2.16 bits per heavy atom. The van der Waals surface area contributed by atoms with Crippen molar-refractivity contribution in [3.63, 3.8) is 0 Å². The zero-order valence-electron chi connectivity index (χ0n) is 11.6. The lowest BCUT2D eigenvalue weighted by Gasteiger charge is -2.11. The molecule has 1 N–H and O–H groups in total. The van der Waals surface area contributed by atoms with Crippen LogP contribution in [0, 0.1) is 5.92 Å². The van der Waals surface area contributed by atoms with Gasteiger partial charge in [0.05, 0.1) is 0 Å². The van der Waals surface area contributed by atoms with E-state index >= 15 is 0 Å². The van der Waals surface area contributed by atoms with Crippen LogP contribution in [0.3, 0.4) is 0 Å². The number of nitrogens with zero attached hydrogens (tertiary/aromatic N) is 2. The molecule has 1 fully saturated rings. The van der Waals surface area contributed by atoms with Gasteiger partial charge in [0.15, 0.2) is 0 Å². The van der Waals surface area contributed by atoms with Crippen LogP contribution in [0.15, 0.2) is 23.2 Å². The molecule has 0 bridgehead atoms. The standard InChI is InChI=1S/C13H21N3O2S/c1-4-5-10-8-12(10)15-13-7-6-11(9-14-13)19(17,18)16(2)3/h6-7,9-10,12H,4-5,8H2,1-3H3,(H,14,15). The highest BCUT2D eigenvalue weighted by Crippen LogP contribution is 2.36. The van der Waals surface area contributed by atoms with Crippen molar-refractivity contribution in [2.24, 2.45) is 5.92 Å². The van der Waals surface area contributed by atoms with Crippen molar-refractivity contribution in [3.8, 4) is 0 Å². The Bertz CT molecular complexity index is 525. The average molecular weight is 283 g/mol. The van der Waals surface area contributed by atoms with E-state index in [-0.39, 0.29) is 4.90 Å². The molecule has 1 aliphatic rings. The molecule has 1 aliphatic carbocycles. The zero-order valence-corrected chi connectivity index (χ0v) is 12.4. The van der Waals surface area contributed by atoms with Crippen LogP contribution in [0.25, 0.3) is 0 Å². The number of hydrogen-bond acceptors (Lipinski definition) is 4. The van der Waals surface area contributed by atoms with Gasteiger partial charge in [-0.2, -0.15) is 0 Å². The fourth-order valence-electron chi connectivity index (χ4n) is 2.13. The van der Waals surface area contributed by atoms with Gasteiger partial charge in [-0.15, -0.1) is 0 Å². The van der Waals surface area contributed by atoms with Crippen molar-refractivity contribution in [3.05, 3.63) is 18.3 Å². The largest absolute Gasteiger partial charge is 0.367 e. The van der Waals surface area contributed by atoms with Crippen LogP contribution in [-0.2, 0) is 10.0 Å². The maximum absolute atomic E-state index is 11.9. The summed E-state index contributed by atoms with van der Waals surface area (Å²) in [6.45, 7) is 2.19. The smallest absolute Gasteiger partial charge is 0.244 e. The Hall–Kier alpha value is -1.14. The molecule has 0 aromatic carbocycles. The summed E-state index contributed by atoms with van der Waals surface area (Å²) in [5, 5.41) is 3.34. The number of sulfonamides is 1. The molecule has 0 aliphatic heterocycles. The first-order chi connectivity index (χ1) is 8.95. The monoisotopic (exact) mass is 283 g/mol. The van der Waals surface area contributed by atoms with Crippen LogP contribution in [-0.4, -0.2) is 37.8 Å². The van der Waals surface area contributed by atoms with E-state index in [2.05, 4.69) is 17.2 Å². The summed E-state index contributed by atoms with van der Waals surface area (Å²) in [5.74, 6) is 1.50. The maximum atomic E-state index is 11.9. The third-order valence-electron chi connectivity index (χ3n) is 3.43. The number of nitrogens with one attached hydrogen (secondary N) is 1. The highest BCUT2D eigenvalue weighted by Gasteiger charge is 2.36. The minimum atomic E-state index is -3.38. The molecule has 106 valence electrons. The second-order valence-corrected chi connectivity index (χ2v) is 7.35. The number of hydrogen-bond donors (Lipinski definition) is 1. The van der Waals surface area contributed by atoms with Gasteiger partial charge in [0.1, 0.15) is 10.7 Å². The van der Waals surface area contributed by atoms with Crippen LogP contribution in [0.4, 0.5) is 5.82 Å². The fraction of sp³-hybridized carbons (Fsp3) is 0.615. The lowest BCUT2D eigenvalue weighted by Crippen LogP contribution is -2.22. The van der Waals surface area contributed by atoms with Crippen molar-refractivity contribution in [1.82, 2.24) is 9.29 Å². The molecule has 0 amide bonds. The average Bonchev–Trinajstić information content (AvgIpc) is 3.08. The molecular formula is C13H21N3O2S. The van der Waals surface area contributed by atoms with E-state index < -0.39 is 10.0 Å². The molecule has 5 nitrogen and oxygen atoms in total. The molecule has 1 saturated carbocycles. The lowest BCUT2D eigenvalue weighted by atomic mass is 10.2. The molecule has 6 heteroatoms. The first kappa shape index (κ1) is 14.3. The van der Waals surface area contributed by atoms with E-state index in [9.17, 15) is 8.42 Å². The second-order valence-electron chi connectivity index (χ2n) is 5.20. The Labute approximate surface area is 115 Å². The Morgan fingerprint density at radius 1 is 1.42 bits per heavy atom. The summed E-state index contributed by atoms with van der Waals surface area (Å²) >= 11 is 0. The van der Waals surface area contributed by atoms with Gasteiger partial charge < -0.3 is 5.32 Å². The fourth-order valence-corrected chi connectivity index (χ4v) is 2.98. The molecule has 1 aromatic rings. The van der Waals surface area contributed by atoms with Gasteiger partial charge in [-0.3, -0.25) is 0 Å². The predicted octanol–water partition coefficient (Wildman–Crippen LogP) is 1.93. The van der Waals surface area contributed by atoms with E-state index in [1.807, 2.05) is 0 Å². The summed E-state index contributed by atoms with van der Waals surface area (Å²) < 4.78 is 25.0. The third kappa shape index (κ3) is 3.25. The van der Waals surface area contributed by atoms with E-state index in [1.54, 1.807) is 12.1 Å². The van der Waals surface area contributed by atoms with Crippen LogP contribution in [0.2, 0.25) is 0 Å². The Balaban J connectivity index is 2.00. The Kier molecular flexibility index (Phi) is 4.10. The molecule has 1 heterocycles. The molecule has 0 radical (unpaired) electrons. The highest BCUT2D eigenvalue weighted by atomic mass is 32.2. The van der Waals surface area contributed by atoms with Gasteiger partial charge in [0.2, 0.25) is 10.0 Å². The van der Waals surface area contributed by atoms with Crippen molar-refractivity contribution in [2.75, 3.05) is 19.4 Å². The third-order valence-corrected chi connectivity index (χ3v) is 5.23. The van der Waals surface area contributed by atoms with E-state index in [4.69, 9.17) is 0 Å². The first-order valence-electron chi connectivity index (χ1n) is 6.60.